The van der Waals surface area contributed by atoms with Crippen LogP contribution in [-0.4, -0.2) is 22.7 Å². The van der Waals surface area contributed by atoms with E-state index in [1.54, 1.807) is 7.11 Å². The van der Waals surface area contributed by atoms with Crippen molar-refractivity contribution in [3.05, 3.63) is 65.9 Å². The maximum absolute atomic E-state index is 13.0. The van der Waals surface area contributed by atoms with Crippen LogP contribution in [-0.2, 0) is 6.42 Å². The molecule has 1 aliphatic rings. The minimum atomic E-state index is -0.0795. The molecule has 0 fully saturated rings. The fourth-order valence-corrected chi connectivity index (χ4v) is 3.66. The molecule has 138 valence electrons. The van der Waals surface area contributed by atoms with Crippen molar-refractivity contribution in [1.82, 2.24) is 9.78 Å². The third kappa shape index (κ3) is 3.33. The van der Waals surface area contributed by atoms with Crippen LogP contribution in [0.1, 0.15) is 36.3 Å². The van der Waals surface area contributed by atoms with E-state index in [0.29, 0.717) is 17.8 Å². The summed E-state index contributed by atoms with van der Waals surface area (Å²) in [6.45, 7) is 4.26. The fraction of sp³-hybridized carbons (Fsp3) is 0.273. The second-order valence-electron chi connectivity index (χ2n) is 7.72. The first-order valence-corrected chi connectivity index (χ1v) is 9.08. The van der Waals surface area contributed by atoms with E-state index in [1.165, 1.54) is 0 Å². The molecule has 4 rings (SSSR count). The van der Waals surface area contributed by atoms with Crippen LogP contribution < -0.4 is 10.1 Å². The number of anilines is 2. The lowest BCUT2D eigenvalue weighted by molar-refractivity contribution is 0.0912. The predicted octanol–water partition coefficient (Wildman–Crippen LogP) is 4.78. The summed E-state index contributed by atoms with van der Waals surface area (Å²) in [6, 6.07) is 17.6. The van der Waals surface area contributed by atoms with Crippen molar-refractivity contribution in [3.63, 3.8) is 0 Å². The summed E-state index contributed by atoms with van der Waals surface area (Å²) in [5, 5.41) is 8.09. The van der Waals surface area contributed by atoms with E-state index in [-0.39, 0.29) is 11.2 Å². The van der Waals surface area contributed by atoms with Crippen molar-refractivity contribution in [2.75, 3.05) is 12.4 Å². The summed E-state index contributed by atoms with van der Waals surface area (Å²) in [5.41, 5.74) is 3.38. The Hall–Kier alpha value is -3.08. The Balaban J connectivity index is 1.83. The number of ketones is 1. The van der Waals surface area contributed by atoms with Gasteiger partial charge in [-0.3, -0.25) is 4.79 Å². The molecule has 27 heavy (non-hydrogen) atoms. The molecule has 1 aromatic heterocycles. The third-order valence-corrected chi connectivity index (χ3v) is 4.88. The number of nitrogens with zero attached hydrogens (tertiary/aromatic N) is 2. The normalized spacial score (nSPS) is 15.3. The monoisotopic (exact) mass is 361 g/mol. The smallest absolute Gasteiger partial charge is 0.169 e. The summed E-state index contributed by atoms with van der Waals surface area (Å²) >= 11 is 0. The number of carbonyl (C=O) groups excluding carboxylic acids is 1. The van der Waals surface area contributed by atoms with Gasteiger partial charge in [-0.25, -0.2) is 4.68 Å². The SMILES string of the molecule is COc1cccc(Nc2nn(-c3ccccc3)c3c2C(=O)CC(C)(C)C3)c1. The van der Waals surface area contributed by atoms with Gasteiger partial charge < -0.3 is 10.1 Å². The molecule has 1 aliphatic carbocycles. The van der Waals surface area contributed by atoms with Crippen LogP contribution in [0.25, 0.3) is 5.69 Å². The molecular formula is C22H23N3O2. The Kier molecular flexibility index (Phi) is 4.22. The summed E-state index contributed by atoms with van der Waals surface area (Å²) in [7, 11) is 1.64. The Morgan fingerprint density at radius 2 is 1.85 bits per heavy atom. The molecular weight excluding hydrogens is 338 g/mol. The van der Waals surface area contributed by atoms with E-state index in [1.807, 2.05) is 59.3 Å². The van der Waals surface area contributed by atoms with Crippen LogP contribution in [0.5, 0.6) is 5.75 Å². The van der Waals surface area contributed by atoms with Gasteiger partial charge in [0.2, 0.25) is 0 Å². The van der Waals surface area contributed by atoms with Crippen LogP contribution in [0.2, 0.25) is 0 Å². The number of fused-ring (bicyclic) bond motifs is 1. The number of carbonyl (C=O) groups is 1. The highest BCUT2D eigenvalue weighted by molar-refractivity contribution is 6.03. The molecule has 1 N–H and O–H groups in total. The predicted molar refractivity (Wildman–Crippen MR) is 106 cm³/mol. The summed E-state index contributed by atoms with van der Waals surface area (Å²) in [6.07, 6.45) is 1.32. The first-order chi connectivity index (χ1) is 13.0. The summed E-state index contributed by atoms with van der Waals surface area (Å²) in [5.74, 6) is 1.49. The number of aromatic nitrogens is 2. The topological polar surface area (TPSA) is 56.1 Å². The molecule has 0 saturated heterocycles. The molecule has 2 aromatic carbocycles. The Morgan fingerprint density at radius 1 is 1.07 bits per heavy atom. The first-order valence-electron chi connectivity index (χ1n) is 9.08. The average Bonchev–Trinajstić information content (AvgIpc) is 2.99. The van der Waals surface area contributed by atoms with Crippen LogP contribution in [0, 0.1) is 5.41 Å². The molecule has 0 radical (unpaired) electrons. The molecule has 5 heteroatoms. The lowest BCUT2D eigenvalue weighted by Gasteiger charge is -2.29. The van der Waals surface area contributed by atoms with Gasteiger partial charge in [-0.05, 0) is 36.1 Å². The number of benzene rings is 2. The zero-order chi connectivity index (χ0) is 19.0. The first kappa shape index (κ1) is 17.3. The van der Waals surface area contributed by atoms with E-state index in [0.717, 1.165) is 29.2 Å². The van der Waals surface area contributed by atoms with E-state index in [2.05, 4.69) is 19.2 Å². The van der Waals surface area contributed by atoms with Crippen LogP contribution >= 0.6 is 0 Å². The van der Waals surface area contributed by atoms with Gasteiger partial charge >= 0.3 is 0 Å². The maximum Gasteiger partial charge on any atom is 0.169 e. The van der Waals surface area contributed by atoms with Crippen LogP contribution in [0.15, 0.2) is 54.6 Å². The molecule has 0 aliphatic heterocycles. The zero-order valence-electron chi connectivity index (χ0n) is 15.8. The van der Waals surface area contributed by atoms with Crippen molar-refractivity contribution in [3.8, 4) is 11.4 Å². The lowest BCUT2D eigenvalue weighted by Crippen LogP contribution is -2.28. The highest BCUT2D eigenvalue weighted by Gasteiger charge is 2.36. The Bertz CT molecular complexity index is 990. The minimum absolute atomic E-state index is 0.0795. The van der Waals surface area contributed by atoms with Gasteiger partial charge in [0.05, 0.1) is 24.1 Å². The Labute approximate surface area is 159 Å². The second-order valence-corrected chi connectivity index (χ2v) is 7.72. The number of para-hydroxylation sites is 1. The van der Waals surface area contributed by atoms with Gasteiger partial charge in [-0.1, -0.05) is 38.1 Å². The molecule has 0 saturated carbocycles. The molecule has 0 amide bonds. The molecule has 0 unspecified atom stereocenters. The van der Waals surface area contributed by atoms with Crippen molar-refractivity contribution in [2.24, 2.45) is 5.41 Å². The number of hydrogen-bond acceptors (Lipinski definition) is 4. The molecule has 0 atom stereocenters. The average molecular weight is 361 g/mol. The number of hydrogen-bond donors (Lipinski definition) is 1. The van der Waals surface area contributed by atoms with E-state index in [4.69, 9.17) is 9.84 Å². The number of methoxy groups -OCH3 is 1. The molecule has 1 heterocycles. The fourth-order valence-electron chi connectivity index (χ4n) is 3.66. The summed E-state index contributed by atoms with van der Waals surface area (Å²) in [4.78, 5) is 13.0. The quantitative estimate of drug-likeness (QED) is 0.727. The van der Waals surface area contributed by atoms with E-state index < -0.39 is 0 Å². The van der Waals surface area contributed by atoms with Gasteiger partial charge in [0.25, 0.3) is 0 Å². The maximum atomic E-state index is 13.0. The largest absolute Gasteiger partial charge is 0.497 e. The van der Waals surface area contributed by atoms with Gasteiger partial charge in [0, 0.05) is 18.2 Å². The number of ether oxygens (including phenoxy) is 1. The molecule has 0 spiro atoms. The lowest BCUT2D eigenvalue weighted by atomic mass is 9.76. The number of nitrogens with one attached hydrogen (secondary N) is 1. The number of rotatable bonds is 4. The van der Waals surface area contributed by atoms with Gasteiger partial charge in [0.1, 0.15) is 5.75 Å². The van der Waals surface area contributed by atoms with Crippen molar-refractivity contribution in [2.45, 2.75) is 26.7 Å². The van der Waals surface area contributed by atoms with Gasteiger partial charge in [0.15, 0.2) is 11.6 Å². The zero-order valence-corrected chi connectivity index (χ0v) is 15.8. The van der Waals surface area contributed by atoms with Gasteiger partial charge in [-0.15, -0.1) is 5.10 Å². The molecule has 3 aromatic rings. The highest BCUT2D eigenvalue weighted by Crippen LogP contribution is 2.39. The summed E-state index contributed by atoms with van der Waals surface area (Å²) < 4.78 is 7.20. The second kappa shape index (κ2) is 6.58. The number of Topliss-reactive ketones (excluding diaryl/α,β-unsaturated/α-hetero) is 1. The standard InChI is InChI=1S/C22H23N3O2/c1-22(2)13-18-20(19(26)14-22)21(23-15-8-7-11-17(12-15)27-3)24-25(18)16-9-5-4-6-10-16/h4-12H,13-14H2,1-3H3,(H,23,24). The van der Waals surface area contributed by atoms with Gasteiger partial charge in [-0.2, -0.15) is 0 Å². The van der Waals surface area contributed by atoms with E-state index >= 15 is 0 Å². The molecule has 5 nitrogen and oxygen atoms in total. The third-order valence-electron chi connectivity index (χ3n) is 4.88. The highest BCUT2D eigenvalue weighted by atomic mass is 16.5. The molecule has 0 bridgehead atoms. The van der Waals surface area contributed by atoms with E-state index in [9.17, 15) is 4.79 Å². The Morgan fingerprint density at radius 3 is 2.59 bits per heavy atom. The van der Waals surface area contributed by atoms with Crippen LogP contribution in [0.4, 0.5) is 11.5 Å². The van der Waals surface area contributed by atoms with Crippen molar-refractivity contribution in [1.29, 1.82) is 0 Å². The van der Waals surface area contributed by atoms with Crippen LogP contribution in [0.3, 0.4) is 0 Å². The van der Waals surface area contributed by atoms with Crippen molar-refractivity contribution < 1.29 is 9.53 Å². The van der Waals surface area contributed by atoms with Crippen molar-refractivity contribution >= 4 is 17.3 Å². The minimum Gasteiger partial charge on any atom is -0.497 e.